The van der Waals surface area contributed by atoms with Crippen LogP contribution < -0.4 is 15.4 Å². The molecule has 2 aliphatic heterocycles. The zero-order valence-corrected chi connectivity index (χ0v) is 29.9. The number of amides is 2. The van der Waals surface area contributed by atoms with Crippen LogP contribution in [0.25, 0.3) is 0 Å². The lowest BCUT2D eigenvalue weighted by molar-refractivity contribution is -0.174. The number of carbonyl (C=O) groups is 5. The SMILES string of the molecule is COc1ccc(C[C@H]2NC(=O)/C=C/C[C@@H]([C@H](C)[C@H]3O[C@@H]3c3ccc(C(=O)c4ccccc4)cc3)OC(=O)[C@H](CC(C)C)OC(=O)CCNC2=O)cc1. The Hall–Kier alpha value is -5.29. The molecule has 2 N–H and O–H groups in total. The van der Waals surface area contributed by atoms with E-state index < -0.39 is 42.0 Å². The summed E-state index contributed by atoms with van der Waals surface area (Å²) >= 11 is 0. The fourth-order valence-electron chi connectivity index (χ4n) is 6.16. The molecule has 274 valence electrons. The first-order valence-electron chi connectivity index (χ1n) is 17.6. The van der Waals surface area contributed by atoms with E-state index in [9.17, 15) is 24.0 Å². The van der Waals surface area contributed by atoms with Crippen molar-refractivity contribution in [2.75, 3.05) is 13.7 Å². The van der Waals surface area contributed by atoms with Gasteiger partial charge in [0.25, 0.3) is 0 Å². The predicted octanol–water partition coefficient (Wildman–Crippen LogP) is 5.07. The molecule has 0 aliphatic carbocycles. The summed E-state index contributed by atoms with van der Waals surface area (Å²) in [5.41, 5.74) is 2.84. The fraction of sp³-hybridized carbons (Fsp3) is 0.390. The molecule has 2 heterocycles. The molecule has 0 saturated carbocycles. The van der Waals surface area contributed by atoms with Crippen LogP contribution in [0.2, 0.25) is 0 Å². The minimum Gasteiger partial charge on any atom is -0.497 e. The lowest BCUT2D eigenvalue weighted by atomic mass is 9.93. The van der Waals surface area contributed by atoms with E-state index in [1.54, 1.807) is 49.6 Å². The summed E-state index contributed by atoms with van der Waals surface area (Å²) in [6.45, 7) is 5.67. The minimum absolute atomic E-state index is 0.0155. The maximum absolute atomic E-state index is 13.5. The van der Waals surface area contributed by atoms with Crippen molar-refractivity contribution in [2.24, 2.45) is 11.8 Å². The summed E-state index contributed by atoms with van der Waals surface area (Å²) in [4.78, 5) is 65.6. The van der Waals surface area contributed by atoms with Gasteiger partial charge in [0.15, 0.2) is 11.9 Å². The molecule has 5 rings (SSSR count). The molecule has 0 unspecified atom stereocenters. The van der Waals surface area contributed by atoms with Gasteiger partial charge < -0.3 is 29.6 Å². The molecule has 1 saturated heterocycles. The molecule has 3 aromatic rings. The van der Waals surface area contributed by atoms with E-state index in [0.717, 1.165) is 11.1 Å². The number of cyclic esters (lactones) is 2. The molecular formula is C41H46N2O9. The fourth-order valence-corrected chi connectivity index (χ4v) is 6.16. The largest absolute Gasteiger partial charge is 0.497 e. The average molecular weight is 711 g/mol. The normalized spacial score (nSPS) is 24.1. The van der Waals surface area contributed by atoms with Gasteiger partial charge in [-0.25, -0.2) is 4.79 Å². The molecule has 0 bridgehead atoms. The topological polar surface area (TPSA) is 150 Å². The highest BCUT2D eigenvalue weighted by molar-refractivity contribution is 6.09. The molecular weight excluding hydrogens is 664 g/mol. The summed E-state index contributed by atoms with van der Waals surface area (Å²) in [5.74, 6) is -2.03. The van der Waals surface area contributed by atoms with Gasteiger partial charge in [0.05, 0.1) is 19.6 Å². The number of ether oxygens (including phenoxy) is 4. The zero-order valence-electron chi connectivity index (χ0n) is 29.9. The third kappa shape index (κ3) is 10.4. The molecule has 2 amide bonds. The monoisotopic (exact) mass is 710 g/mol. The number of benzene rings is 3. The molecule has 3 aromatic carbocycles. The molecule has 0 radical (unpaired) electrons. The van der Waals surface area contributed by atoms with E-state index in [1.165, 1.54) is 6.08 Å². The molecule has 11 heteroatoms. The van der Waals surface area contributed by atoms with E-state index >= 15 is 0 Å². The summed E-state index contributed by atoms with van der Waals surface area (Å²) in [5, 5.41) is 5.46. The van der Waals surface area contributed by atoms with Crippen LogP contribution in [-0.2, 0) is 39.8 Å². The van der Waals surface area contributed by atoms with Crippen molar-refractivity contribution in [3.05, 3.63) is 113 Å². The number of esters is 2. The van der Waals surface area contributed by atoms with Crippen LogP contribution in [0.1, 0.15) is 73.2 Å². The number of nitrogens with one attached hydrogen (secondary N) is 2. The van der Waals surface area contributed by atoms with E-state index in [2.05, 4.69) is 10.6 Å². The molecule has 6 atom stereocenters. The van der Waals surface area contributed by atoms with Gasteiger partial charge in [-0.3, -0.25) is 19.2 Å². The summed E-state index contributed by atoms with van der Waals surface area (Å²) in [6, 6.07) is 22.6. The van der Waals surface area contributed by atoms with E-state index in [0.29, 0.717) is 16.9 Å². The van der Waals surface area contributed by atoms with Crippen LogP contribution in [0.4, 0.5) is 0 Å². The maximum Gasteiger partial charge on any atom is 0.347 e. The quantitative estimate of drug-likeness (QED) is 0.167. The number of methoxy groups -OCH3 is 1. The van der Waals surface area contributed by atoms with Crippen LogP contribution in [0.3, 0.4) is 0 Å². The van der Waals surface area contributed by atoms with Gasteiger partial charge in [-0.05, 0) is 41.7 Å². The second-order valence-corrected chi connectivity index (χ2v) is 13.6. The lowest BCUT2D eigenvalue weighted by Crippen LogP contribution is -2.48. The first-order chi connectivity index (χ1) is 25.0. The zero-order chi connectivity index (χ0) is 37.2. The highest BCUT2D eigenvalue weighted by Crippen LogP contribution is 2.45. The standard InChI is InChI=1S/C41H46N2O9/c1-25(2)23-34-41(48)51-33(26(3)38-39(52-38)30-17-15-29(16-18-30)37(46)28-9-6-5-7-10-28)11-8-12-35(44)43-32(40(47)42-22-21-36(45)50-34)24-27-13-19-31(49-4)20-14-27/h5-10,12-20,25-26,32-34,38-39H,11,21-24H2,1-4H3,(H,42,47)(H,43,44)/b12-8+/t26-,32+,33-,34-,38+,39+/m0/s1. The van der Waals surface area contributed by atoms with E-state index in [1.807, 2.05) is 63.2 Å². The van der Waals surface area contributed by atoms with Gasteiger partial charge in [0.1, 0.15) is 24.0 Å². The van der Waals surface area contributed by atoms with Gasteiger partial charge >= 0.3 is 11.9 Å². The van der Waals surface area contributed by atoms with E-state index in [-0.39, 0.29) is 62.1 Å². The number of hydrogen-bond acceptors (Lipinski definition) is 9. The third-order valence-electron chi connectivity index (χ3n) is 9.15. The van der Waals surface area contributed by atoms with Crippen LogP contribution in [0.15, 0.2) is 91.0 Å². The van der Waals surface area contributed by atoms with Gasteiger partial charge in [0.2, 0.25) is 11.8 Å². The highest BCUT2D eigenvalue weighted by atomic mass is 16.6. The van der Waals surface area contributed by atoms with Crippen LogP contribution in [-0.4, -0.2) is 67.5 Å². The first-order valence-corrected chi connectivity index (χ1v) is 17.6. The second kappa shape index (κ2) is 17.8. The third-order valence-corrected chi connectivity index (χ3v) is 9.15. The smallest absolute Gasteiger partial charge is 0.347 e. The van der Waals surface area contributed by atoms with Gasteiger partial charge in [-0.1, -0.05) is 93.6 Å². The van der Waals surface area contributed by atoms with Crippen molar-refractivity contribution in [1.82, 2.24) is 10.6 Å². The van der Waals surface area contributed by atoms with Crippen molar-refractivity contribution >= 4 is 29.5 Å². The summed E-state index contributed by atoms with van der Waals surface area (Å²) < 4.78 is 22.9. The van der Waals surface area contributed by atoms with Crippen molar-refractivity contribution in [2.45, 2.75) is 76.9 Å². The average Bonchev–Trinajstić information content (AvgIpc) is 3.94. The Labute approximate surface area is 304 Å². The number of hydrogen-bond donors (Lipinski definition) is 2. The van der Waals surface area contributed by atoms with Crippen molar-refractivity contribution in [3.8, 4) is 5.75 Å². The summed E-state index contributed by atoms with van der Waals surface area (Å²) in [6.07, 6.45) is 0.881. The molecule has 0 spiro atoms. The Morgan fingerprint density at radius 1 is 0.885 bits per heavy atom. The van der Waals surface area contributed by atoms with E-state index in [4.69, 9.17) is 18.9 Å². The lowest BCUT2D eigenvalue weighted by Gasteiger charge is -2.26. The Kier molecular flexibility index (Phi) is 13.0. The van der Waals surface area contributed by atoms with Crippen LogP contribution >= 0.6 is 0 Å². The van der Waals surface area contributed by atoms with Gasteiger partial charge in [-0.15, -0.1) is 0 Å². The van der Waals surface area contributed by atoms with Crippen molar-refractivity contribution in [3.63, 3.8) is 0 Å². The van der Waals surface area contributed by atoms with Crippen molar-refractivity contribution in [1.29, 1.82) is 0 Å². The molecule has 52 heavy (non-hydrogen) atoms. The second-order valence-electron chi connectivity index (χ2n) is 13.6. The number of epoxide rings is 1. The Balaban J connectivity index is 1.32. The summed E-state index contributed by atoms with van der Waals surface area (Å²) in [7, 11) is 1.56. The Morgan fingerprint density at radius 3 is 2.25 bits per heavy atom. The van der Waals surface area contributed by atoms with Gasteiger partial charge in [0, 0.05) is 36.4 Å². The molecule has 11 nitrogen and oxygen atoms in total. The van der Waals surface area contributed by atoms with Gasteiger partial charge in [-0.2, -0.15) is 0 Å². The van der Waals surface area contributed by atoms with Crippen LogP contribution in [0, 0.1) is 11.8 Å². The van der Waals surface area contributed by atoms with Crippen molar-refractivity contribution < 1.29 is 42.9 Å². The maximum atomic E-state index is 13.5. The molecule has 0 aromatic heterocycles. The number of rotatable bonds is 10. The highest BCUT2D eigenvalue weighted by Gasteiger charge is 2.47. The first kappa shape index (κ1) is 38.0. The minimum atomic E-state index is -1.15. The Bertz CT molecular complexity index is 1740. The number of carbonyl (C=O) groups excluding carboxylic acids is 5. The number of ketones is 1. The predicted molar refractivity (Wildman–Crippen MR) is 192 cm³/mol. The van der Waals surface area contributed by atoms with Crippen LogP contribution in [0.5, 0.6) is 5.75 Å². The molecule has 1 fully saturated rings. The Morgan fingerprint density at radius 2 is 1.58 bits per heavy atom. The molecule has 2 aliphatic rings.